The van der Waals surface area contributed by atoms with Gasteiger partial charge < -0.3 is 10.0 Å². The summed E-state index contributed by atoms with van der Waals surface area (Å²) in [6, 6.07) is 3.62. The molecule has 2 rings (SSSR count). The van der Waals surface area contributed by atoms with Crippen LogP contribution < -0.4 is 4.90 Å². The second kappa shape index (κ2) is 5.22. The van der Waals surface area contributed by atoms with Crippen LogP contribution in [0.5, 0.6) is 0 Å². The summed E-state index contributed by atoms with van der Waals surface area (Å²) in [6.45, 7) is 2.56. The number of carboxylic acid groups (broad SMARTS) is 1. The molecule has 1 aromatic rings. The highest BCUT2D eigenvalue weighted by Gasteiger charge is 2.48. The lowest BCUT2D eigenvalue weighted by atomic mass is 9.90. The van der Waals surface area contributed by atoms with E-state index >= 15 is 0 Å². The maximum Gasteiger partial charge on any atom is 0.329 e. The Morgan fingerprint density at radius 1 is 1.68 bits per heavy atom. The van der Waals surface area contributed by atoms with Gasteiger partial charge in [-0.2, -0.15) is 10.4 Å². The number of anilines is 1. The summed E-state index contributed by atoms with van der Waals surface area (Å²) < 4.78 is 0. The monoisotopic (exact) mass is 260 g/mol. The van der Waals surface area contributed by atoms with E-state index in [4.69, 9.17) is 5.26 Å². The zero-order valence-electron chi connectivity index (χ0n) is 10.8. The van der Waals surface area contributed by atoms with E-state index in [1.807, 2.05) is 6.92 Å². The first kappa shape index (κ1) is 13.3. The van der Waals surface area contributed by atoms with Crippen LogP contribution in [0, 0.1) is 11.3 Å². The van der Waals surface area contributed by atoms with Crippen LogP contribution in [-0.2, 0) is 4.79 Å². The van der Waals surface area contributed by atoms with E-state index in [1.165, 1.54) is 6.20 Å². The fourth-order valence-corrected chi connectivity index (χ4v) is 2.80. The molecule has 6 heteroatoms. The molecule has 1 unspecified atom stereocenters. The molecular weight excluding hydrogens is 244 g/mol. The average molecular weight is 260 g/mol. The number of hydrogen-bond acceptors (Lipinski definition) is 5. The molecule has 19 heavy (non-hydrogen) atoms. The van der Waals surface area contributed by atoms with E-state index in [-0.39, 0.29) is 0 Å². The molecule has 100 valence electrons. The minimum atomic E-state index is -0.948. The standard InChI is InChI=1S/C13H16N4O2/c1-2-5-13(12(18)19)6-3-8-17(13)11-10(9-14)4-7-15-16-11/h4,7H,2-3,5-6,8H2,1H3,(H,18,19). The number of carbonyl (C=O) groups is 1. The van der Waals surface area contributed by atoms with Crippen LogP contribution >= 0.6 is 0 Å². The van der Waals surface area contributed by atoms with Gasteiger partial charge in [0.15, 0.2) is 5.82 Å². The molecule has 0 radical (unpaired) electrons. The third-order valence-corrected chi connectivity index (χ3v) is 3.63. The van der Waals surface area contributed by atoms with Crippen molar-refractivity contribution in [1.29, 1.82) is 5.26 Å². The van der Waals surface area contributed by atoms with E-state index < -0.39 is 11.5 Å². The molecule has 0 saturated carbocycles. The zero-order valence-corrected chi connectivity index (χ0v) is 10.8. The molecule has 1 atom stereocenters. The lowest BCUT2D eigenvalue weighted by Crippen LogP contribution is -2.51. The fraction of sp³-hybridized carbons (Fsp3) is 0.538. The quantitative estimate of drug-likeness (QED) is 0.883. The molecule has 6 nitrogen and oxygen atoms in total. The van der Waals surface area contributed by atoms with Crippen LogP contribution in [0.1, 0.15) is 38.2 Å². The van der Waals surface area contributed by atoms with Gasteiger partial charge in [-0.15, -0.1) is 5.10 Å². The number of hydrogen-bond donors (Lipinski definition) is 1. The number of rotatable bonds is 4. The molecule has 1 N–H and O–H groups in total. The topological polar surface area (TPSA) is 90.1 Å². The molecule has 2 heterocycles. The van der Waals surface area contributed by atoms with Crippen molar-refractivity contribution >= 4 is 11.8 Å². The molecule has 0 aliphatic carbocycles. The normalized spacial score (nSPS) is 22.2. The molecule has 1 fully saturated rings. The van der Waals surface area contributed by atoms with Gasteiger partial charge in [0.1, 0.15) is 11.6 Å². The Morgan fingerprint density at radius 2 is 2.47 bits per heavy atom. The van der Waals surface area contributed by atoms with Crippen LogP contribution in [-0.4, -0.2) is 33.4 Å². The molecule has 0 spiro atoms. The minimum absolute atomic E-state index is 0.374. The molecule has 1 saturated heterocycles. The Morgan fingerprint density at radius 3 is 3.11 bits per heavy atom. The summed E-state index contributed by atoms with van der Waals surface area (Å²) in [4.78, 5) is 13.5. The highest BCUT2D eigenvalue weighted by molar-refractivity contribution is 5.84. The van der Waals surface area contributed by atoms with Gasteiger partial charge in [0.25, 0.3) is 0 Å². The predicted molar refractivity (Wildman–Crippen MR) is 68.6 cm³/mol. The van der Waals surface area contributed by atoms with Gasteiger partial charge in [0.2, 0.25) is 0 Å². The SMILES string of the molecule is CCCC1(C(=O)O)CCCN1c1nnccc1C#N. The third-order valence-electron chi connectivity index (χ3n) is 3.63. The summed E-state index contributed by atoms with van der Waals surface area (Å²) in [5.41, 5.74) is -0.574. The number of nitrogens with zero attached hydrogens (tertiary/aromatic N) is 4. The third kappa shape index (κ3) is 2.12. The minimum Gasteiger partial charge on any atom is -0.479 e. The first-order valence-corrected chi connectivity index (χ1v) is 6.38. The van der Waals surface area contributed by atoms with E-state index in [9.17, 15) is 9.90 Å². The maximum atomic E-state index is 11.7. The Bertz CT molecular complexity index is 526. The average Bonchev–Trinajstić information content (AvgIpc) is 2.84. The summed E-state index contributed by atoms with van der Waals surface area (Å²) in [5, 5.41) is 26.5. The summed E-state index contributed by atoms with van der Waals surface area (Å²) >= 11 is 0. The summed E-state index contributed by atoms with van der Waals surface area (Å²) in [7, 11) is 0. The van der Waals surface area contributed by atoms with Crippen molar-refractivity contribution in [2.24, 2.45) is 0 Å². The number of nitriles is 1. The maximum absolute atomic E-state index is 11.7. The molecule has 1 aliphatic heterocycles. The van der Waals surface area contributed by atoms with E-state index in [2.05, 4.69) is 16.3 Å². The first-order chi connectivity index (χ1) is 9.15. The lowest BCUT2D eigenvalue weighted by Gasteiger charge is -2.35. The van der Waals surface area contributed by atoms with Gasteiger partial charge in [-0.1, -0.05) is 13.3 Å². The van der Waals surface area contributed by atoms with Crippen LogP contribution in [0.25, 0.3) is 0 Å². The number of aliphatic carboxylic acids is 1. The highest BCUT2D eigenvalue weighted by Crippen LogP contribution is 2.37. The largest absolute Gasteiger partial charge is 0.479 e. The van der Waals surface area contributed by atoms with E-state index in [1.54, 1.807) is 11.0 Å². The molecule has 0 bridgehead atoms. The molecule has 1 aliphatic rings. The van der Waals surface area contributed by atoms with E-state index in [0.29, 0.717) is 30.8 Å². The second-order valence-electron chi connectivity index (χ2n) is 4.72. The van der Waals surface area contributed by atoms with Crippen molar-refractivity contribution in [3.63, 3.8) is 0 Å². The van der Waals surface area contributed by atoms with Crippen molar-refractivity contribution in [1.82, 2.24) is 10.2 Å². The molecular formula is C13H16N4O2. The van der Waals surface area contributed by atoms with Gasteiger partial charge in [0.05, 0.1) is 11.8 Å². The second-order valence-corrected chi connectivity index (χ2v) is 4.72. The smallest absolute Gasteiger partial charge is 0.329 e. The Kier molecular flexibility index (Phi) is 3.65. The van der Waals surface area contributed by atoms with Crippen LogP contribution in [0.3, 0.4) is 0 Å². The van der Waals surface area contributed by atoms with Crippen molar-refractivity contribution < 1.29 is 9.90 Å². The fourth-order valence-electron chi connectivity index (χ4n) is 2.80. The Balaban J connectivity index is 2.48. The van der Waals surface area contributed by atoms with Gasteiger partial charge in [0, 0.05) is 6.54 Å². The van der Waals surface area contributed by atoms with Crippen LogP contribution in [0.15, 0.2) is 12.3 Å². The van der Waals surface area contributed by atoms with Crippen LogP contribution in [0.2, 0.25) is 0 Å². The zero-order chi connectivity index (χ0) is 13.9. The first-order valence-electron chi connectivity index (χ1n) is 6.38. The van der Waals surface area contributed by atoms with E-state index in [0.717, 1.165) is 12.8 Å². The number of aromatic nitrogens is 2. The summed E-state index contributed by atoms with van der Waals surface area (Å²) in [5.74, 6) is -0.459. The van der Waals surface area contributed by atoms with Crippen molar-refractivity contribution in [3.8, 4) is 6.07 Å². The Labute approximate surface area is 111 Å². The van der Waals surface area contributed by atoms with Gasteiger partial charge in [-0.25, -0.2) is 4.79 Å². The van der Waals surface area contributed by atoms with Crippen LogP contribution in [0.4, 0.5) is 5.82 Å². The highest BCUT2D eigenvalue weighted by atomic mass is 16.4. The van der Waals surface area contributed by atoms with Crippen molar-refractivity contribution in [2.45, 2.75) is 38.1 Å². The van der Waals surface area contributed by atoms with Gasteiger partial charge in [-0.05, 0) is 25.3 Å². The molecule has 0 amide bonds. The summed E-state index contributed by atoms with van der Waals surface area (Å²) in [6.07, 6.45) is 4.13. The lowest BCUT2D eigenvalue weighted by molar-refractivity contribution is -0.143. The Hall–Kier alpha value is -2.16. The van der Waals surface area contributed by atoms with Gasteiger partial charge >= 0.3 is 5.97 Å². The van der Waals surface area contributed by atoms with Crippen molar-refractivity contribution in [3.05, 3.63) is 17.8 Å². The number of carboxylic acids is 1. The molecule has 0 aromatic carbocycles. The molecule has 1 aromatic heterocycles. The van der Waals surface area contributed by atoms with Gasteiger partial charge in [-0.3, -0.25) is 0 Å². The van der Waals surface area contributed by atoms with Crippen molar-refractivity contribution in [2.75, 3.05) is 11.4 Å². The predicted octanol–water partition coefficient (Wildman–Crippen LogP) is 1.57.